The molecule has 0 saturated carbocycles. The number of rotatable bonds is 18. The van der Waals surface area contributed by atoms with E-state index >= 15 is 0 Å². The van der Waals surface area contributed by atoms with Gasteiger partial charge in [-0.2, -0.15) is 0 Å². The number of benzene rings is 5. The largest absolute Gasteiger partial charge is 0.374 e. The van der Waals surface area contributed by atoms with Crippen LogP contribution < -0.4 is 0 Å². The fourth-order valence-electron chi connectivity index (χ4n) is 6.96. The number of hydrogen-bond acceptors (Lipinski definition) is 9. The van der Waals surface area contributed by atoms with Crippen molar-refractivity contribution >= 4 is 0 Å². The normalized spacial score (nSPS) is 26.5. The predicted molar refractivity (Wildman–Crippen MR) is 206 cm³/mol. The quantitative estimate of drug-likeness (QED) is 0.0986. The second-order valence-electron chi connectivity index (χ2n) is 13.9. The van der Waals surface area contributed by atoms with Crippen LogP contribution in [0.4, 0.5) is 0 Å². The molecule has 0 amide bonds. The van der Waals surface area contributed by atoms with Crippen molar-refractivity contribution in [3.8, 4) is 0 Å². The van der Waals surface area contributed by atoms with Gasteiger partial charge in [-0.3, -0.25) is 0 Å². The van der Waals surface area contributed by atoms with Gasteiger partial charge in [-0.05, 0) is 34.7 Å². The van der Waals surface area contributed by atoms with Crippen LogP contribution in [0.15, 0.2) is 152 Å². The smallest absolute Gasteiger partial charge is 0.187 e. The maximum absolute atomic E-state index is 11.4. The van der Waals surface area contributed by atoms with Gasteiger partial charge in [0.15, 0.2) is 12.6 Å². The van der Waals surface area contributed by atoms with Crippen LogP contribution in [0, 0.1) is 0 Å². The van der Waals surface area contributed by atoms with Crippen LogP contribution in [0.5, 0.6) is 0 Å². The Morgan fingerprint density at radius 1 is 0.436 bits per heavy atom. The summed E-state index contributed by atoms with van der Waals surface area (Å²) in [5, 5.41) is 11.4. The zero-order valence-electron chi connectivity index (χ0n) is 31.1. The molecule has 1 N–H and O–H groups in total. The highest BCUT2D eigenvalue weighted by molar-refractivity contribution is 5.17. The Kier molecular flexibility index (Phi) is 14.2. The maximum Gasteiger partial charge on any atom is 0.187 e. The van der Waals surface area contributed by atoms with Gasteiger partial charge in [0.25, 0.3) is 0 Å². The summed E-state index contributed by atoms with van der Waals surface area (Å²) in [6, 6.07) is 49.7. The van der Waals surface area contributed by atoms with E-state index in [0.717, 1.165) is 27.8 Å². The fourth-order valence-corrected chi connectivity index (χ4v) is 6.96. The second kappa shape index (κ2) is 20.1. The van der Waals surface area contributed by atoms with E-state index in [1.54, 1.807) is 0 Å². The number of hydrogen-bond donors (Lipinski definition) is 1. The van der Waals surface area contributed by atoms with E-state index in [9.17, 15) is 5.11 Å². The van der Waals surface area contributed by atoms with Crippen molar-refractivity contribution in [3.63, 3.8) is 0 Å². The molecule has 2 saturated heterocycles. The van der Waals surface area contributed by atoms with Crippen LogP contribution in [-0.4, -0.2) is 67.0 Å². The van der Waals surface area contributed by atoms with Crippen LogP contribution in [0.2, 0.25) is 0 Å². The topological polar surface area (TPSA) is 94.1 Å². The third kappa shape index (κ3) is 11.0. The van der Waals surface area contributed by atoms with Gasteiger partial charge in [-0.25, -0.2) is 0 Å². The summed E-state index contributed by atoms with van der Waals surface area (Å²) in [7, 11) is 0. The van der Waals surface area contributed by atoms with Gasteiger partial charge in [0, 0.05) is 0 Å². The van der Waals surface area contributed by atoms with Gasteiger partial charge < -0.3 is 43.0 Å². The molecule has 0 aromatic heterocycles. The van der Waals surface area contributed by atoms with Crippen LogP contribution >= 0.6 is 0 Å². The van der Waals surface area contributed by atoms with E-state index in [2.05, 4.69) is 0 Å². The Morgan fingerprint density at radius 2 is 0.818 bits per heavy atom. The first-order valence-corrected chi connectivity index (χ1v) is 19.0. The molecule has 7 rings (SSSR count). The molecule has 9 nitrogen and oxygen atoms in total. The Hall–Kier alpha value is -4.26. The van der Waals surface area contributed by atoms with Gasteiger partial charge >= 0.3 is 0 Å². The zero-order chi connectivity index (χ0) is 37.7. The standard InChI is InChI=1S/C46H50O9/c1-33-40(49-28-35-19-9-3-10-20-35)42(43(45(47)53-33)51-30-37-23-13-5-14-24-37)55-46-44(52-31-38-25-15-6-16-26-38)41(50-29-36-21-11-4-12-22-36)39(54-46)32-48-27-34-17-7-2-8-18-34/h2-26,33,39-47H,27-32H2,1H3/t33-,39+,40-,41+,42+,43+,44+,45+,46+/m0/s1. The Bertz CT molecular complexity index is 1740. The van der Waals surface area contributed by atoms with Gasteiger partial charge in [-0.1, -0.05) is 152 Å². The SMILES string of the molecule is C[C@@H]1O[C@@H](O)[C@H](OCc2ccccc2)[C@H](O[C@H]2O[C@H](COCc3ccccc3)[C@@H](OCc3ccccc3)[C@H]2OCc2ccccc2)[C@H]1OCc1ccccc1. The van der Waals surface area contributed by atoms with Gasteiger partial charge in [0.1, 0.15) is 36.6 Å². The third-order valence-electron chi connectivity index (χ3n) is 9.84. The lowest BCUT2D eigenvalue weighted by Gasteiger charge is -2.44. The van der Waals surface area contributed by atoms with E-state index in [-0.39, 0.29) is 13.2 Å². The minimum Gasteiger partial charge on any atom is -0.374 e. The molecule has 5 aromatic rings. The molecule has 2 aliphatic rings. The molecule has 55 heavy (non-hydrogen) atoms. The highest BCUT2D eigenvalue weighted by Gasteiger charge is 2.53. The molecular formula is C46H50O9. The highest BCUT2D eigenvalue weighted by Crippen LogP contribution is 2.35. The number of ether oxygens (including phenoxy) is 8. The van der Waals surface area contributed by atoms with Crippen LogP contribution in [-0.2, 0) is 70.9 Å². The lowest BCUT2D eigenvalue weighted by molar-refractivity contribution is -0.333. The van der Waals surface area contributed by atoms with Crippen molar-refractivity contribution in [2.45, 2.75) is 95.3 Å². The first-order valence-electron chi connectivity index (χ1n) is 19.0. The Balaban J connectivity index is 1.18. The van der Waals surface area contributed by atoms with E-state index in [1.807, 2.05) is 159 Å². The molecule has 5 aromatic carbocycles. The molecule has 0 bridgehead atoms. The molecule has 0 unspecified atom stereocenters. The minimum absolute atomic E-state index is 0.226. The van der Waals surface area contributed by atoms with Crippen molar-refractivity contribution < 1.29 is 43.0 Å². The third-order valence-corrected chi connectivity index (χ3v) is 9.84. The van der Waals surface area contributed by atoms with E-state index in [4.69, 9.17) is 37.9 Å². The van der Waals surface area contributed by atoms with Crippen LogP contribution in [0.25, 0.3) is 0 Å². The molecule has 288 valence electrons. The zero-order valence-corrected chi connectivity index (χ0v) is 31.1. The van der Waals surface area contributed by atoms with E-state index in [0.29, 0.717) is 26.4 Å². The van der Waals surface area contributed by atoms with Gasteiger partial charge in [0.05, 0.1) is 45.7 Å². The van der Waals surface area contributed by atoms with E-state index in [1.165, 1.54) is 0 Å². The molecule has 2 fully saturated rings. The minimum atomic E-state index is -1.29. The summed E-state index contributed by atoms with van der Waals surface area (Å²) in [6.45, 7) is 3.67. The first kappa shape index (κ1) is 39.0. The van der Waals surface area contributed by atoms with Crippen molar-refractivity contribution in [3.05, 3.63) is 179 Å². The molecule has 2 aliphatic heterocycles. The predicted octanol–water partition coefficient (Wildman–Crippen LogP) is 7.39. The maximum atomic E-state index is 11.4. The van der Waals surface area contributed by atoms with Crippen molar-refractivity contribution in [1.82, 2.24) is 0 Å². The molecule has 0 aliphatic carbocycles. The first-order chi connectivity index (χ1) is 27.1. The van der Waals surface area contributed by atoms with E-state index < -0.39 is 55.3 Å². The monoisotopic (exact) mass is 746 g/mol. The summed E-state index contributed by atoms with van der Waals surface area (Å²) in [5.74, 6) is 0. The highest BCUT2D eigenvalue weighted by atomic mass is 16.8. The van der Waals surface area contributed by atoms with Crippen LogP contribution in [0.3, 0.4) is 0 Å². The molecule has 9 heteroatoms. The molecule has 9 atom stereocenters. The van der Waals surface area contributed by atoms with Gasteiger partial charge in [0.2, 0.25) is 0 Å². The molecule has 0 radical (unpaired) electrons. The Labute approximate surface area is 323 Å². The fraction of sp³-hybridized carbons (Fsp3) is 0.348. The number of aliphatic hydroxyl groups excluding tert-OH is 1. The number of aliphatic hydroxyl groups is 1. The average Bonchev–Trinajstić information content (AvgIpc) is 3.55. The summed E-state index contributed by atoms with van der Waals surface area (Å²) >= 11 is 0. The van der Waals surface area contributed by atoms with Crippen molar-refractivity contribution in [1.29, 1.82) is 0 Å². The molecule has 2 heterocycles. The molecule has 0 spiro atoms. The Morgan fingerprint density at radius 3 is 1.27 bits per heavy atom. The van der Waals surface area contributed by atoms with Crippen molar-refractivity contribution in [2.75, 3.05) is 6.61 Å². The summed E-state index contributed by atoms with van der Waals surface area (Å²) in [6.07, 6.45) is -6.96. The molecular weight excluding hydrogens is 696 g/mol. The average molecular weight is 747 g/mol. The van der Waals surface area contributed by atoms with Crippen LogP contribution in [0.1, 0.15) is 34.7 Å². The second-order valence-corrected chi connectivity index (χ2v) is 13.9. The summed E-state index contributed by atoms with van der Waals surface area (Å²) < 4.78 is 52.5. The van der Waals surface area contributed by atoms with Crippen molar-refractivity contribution in [2.24, 2.45) is 0 Å². The van der Waals surface area contributed by atoms with Gasteiger partial charge in [-0.15, -0.1) is 0 Å². The lowest BCUT2D eigenvalue weighted by Crippen LogP contribution is -2.60. The summed E-state index contributed by atoms with van der Waals surface area (Å²) in [5.41, 5.74) is 5.00. The lowest BCUT2D eigenvalue weighted by atomic mass is 9.98. The summed E-state index contributed by atoms with van der Waals surface area (Å²) in [4.78, 5) is 0.